The molecule has 0 saturated heterocycles. The largest absolute Gasteiger partial charge is 0.503 e. The summed E-state index contributed by atoms with van der Waals surface area (Å²) in [6.45, 7) is 2.25. The molecule has 9 heteroatoms. The normalized spacial score (nSPS) is 10.9. The lowest BCUT2D eigenvalue weighted by atomic mass is 10.1. The summed E-state index contributed by atoms with van der Waals surface area (Å²) < 4.78 is 11.0. The van der Waals surface area contributed by atoms with Gasteiger partial charge in [-0.3, -0.25) is 9.78 Å². The Kier molecular flexibility index (Phi) is 6.50. The average Bonchev–Trinajstić information content (AvgIpc) is 2.71. The number of hydrazone groups is 1. The Bertz CT molecular complexity index is 1080. The van der Waals surface area contributed by atoms with Crippen molar-refractivity contribution in [1.82, 2.24) is 9.97 Å². The van der Waals surface area contributed by atoms with E-state index in [-0.39, 0.29) is 17.3 Å². The van der Waals surface area contributed by atoms with E-state index in [1.807, 2.05) is 19.1 Å². The summed E-state index contributed by atoms with van der Waals surface area (Å²) in [4.78, 5) is 18.9. The number of anilines is 1. The van der Waals surface area contributed by atoms with Crippen LogP contribution in [0.15, 0.2) is 56.8 Å². The molecule has 0 radical (unpaired) electrons. The van der Waals surface area contributed by atoms with Crippen LogP contribution in [0.25, 0.3) is 11.3 Å². The zero-order valence-electron chi connectivity index (χ0n) is 15.8. The summed E-state index contributed by atoms with van der Waals surface area (Å²) in [7, 11) is 1.59. The number of aromatic nitrogens is 2. The molecule has 0 fully saturated rings. The fourth-order valence-electron chi connectivity index (χ4n) is 2.52. The van der Waals surface area contributed by atoms with Gasteiger partial charge in [-0.25, -0.2) is 10.4 Å². The van der Waals surface area contributed by atoms with Crippen molar-refractivity contribution < 1.29 is 14.6 Å². The molecule has 0 amide bonds. The molecule has 2 aromatic carbocycles. The highest BCUT2D eigenvalue weighted by atomic mass is 79.9. The molecule has 0 spiro atoms. The minimum Gasteiger partial charge on any atom is -0.503 e. The minimum atomic E-state index is -0.311. The van der Waals surface area contributed by atoms with E-state index in [2.05, 4.69) is 36.4 Å². The van der Waals surface area contributed by atoms with E-state index in [1.165, 1.54) is 12.3 Å². The van der Waals surface area contributed by atoms with Crippen molar-refractivity contribution in [2.75, 3.05) is 19.1 Å². The summed E-state index contributed by atoms with van der Waals surface area (Å²) in [6, 6.07) is 12.0. The van der Waals surface area contributed by atoms with Gasteiger partial charge in [0.15, 0.2) is 11.5 Å². The number of rotatable bonds is 7. The average molecular weight is 459 g/mol. The fraction of sp³-hybridized carbons (Fsp3) is 0.150. The zero-order chi connectivity index (χ0) is 20.8. The Morgan fingerprint density at radius 1 is 1.28 bits per heavy atom. The first-order valence-corrected chi connectivity index (χ1v) is 9.49. The molecule has 0 bridgehead atoms. The molecule has 0 aliphatic heterocycles. The molecular weight excluding hydrogens is 440 g/mol. The number of hydrogen-bond donors (Lipinski definition) is 3. The van der Waals surface area contributed by atoms with E-state index in [9.17, 15) is 9.90 Å². The molecule has 0 aliphatic carbocycles. The lowest BCUT2D eigenvalue weighted by molar-refractivity contribution is 0.317. The first-order chi connectivity index (χ1) is 14.0. The van der Waals surface area contributed by atoms with Crippen LogP contribution in [0.1, 0.15) is 12.5 Å². The van der Waals surface area contributed by atoms with Crippen molar-refractivity contribution in [3.8, 4) is 28.5 Å². The molecule has 8 nitrogen and oxygen atoms in total. The van der Waals surface area contributed by atoms with Gasteiger partial charge in [0.1, 0.15) is 5.75 Å². The van der Waals surface area contributed by atoms with Crippen LogP contribution < -0.4 is 20.5 Å². The van der Waals surface area contributed by atoms with Crippen LogP contribution in [0.3, 0.4) is 0 Å². The molecule has 1 heterocycles. The van der Waals surface area contributed by atoms with Gasteiger partial charge < -0.3 is 14.6 Å². The van der Waals surface area contributed by atoms with Crippen LogP contribution in [0.5, 0.6) is 17.2 Å². The molecule has 0 saturated carbocycles. The highest BCUT2D eigenvalue weighted by Crippen LogP contribution is 2.35. The summed E-state index contributed by atoms with van der Waals surface area (Å²) in [5.74, 6) is 1.28. The van der Waals surface area contributed by atoms with E-state index in [0.717, 1.165) is 5.56 Å². The molecule has 3 N–H and O–H groups in total. The Balaban J connectivity index is 1.80. The first kappa shape index (κ1) is 20.4. The summed E-state index contributed by atoms with van der Waals surface area (Å²) in [6.07, 6.45) is 1.52. The second-order valence-corrected chi connectivity index (χ2v) is 6.71. The molecule has 1 aromatic heterocycles. The number of aromatic amines is 1. The Labute approximate surface area is 175 Å². The highest BCUT2D eigenvalue weighted by molar-refractivity contribution is 9.10. The molecule has 0 unspecified atom stereocenters. The fourth-order valence-corrected chi connectivity index (χ4v) is 2.98. The summed E-state index contributed by atoms with van der Waals surface area (Å²) in [5, 5.41) is 14.1. The monoisotopic (exact) mass is 458 g/mol. The van der Waals surface area contributed by atoms with E-state index < -0.39 is 0 Å². The summed E-state index contributed by atoms with van der Waals surface area (Å²) in [5.41, 5.74) is 4.35. The number of phenolic OH excluding ortho intramolecular Hbond substituents is 1. The van der Waals surface area contributed by atoms with Crippen LogP contribution >= 0.6 is 15.9 Å². The smallest absolute Gasteiger partial charge is 0.252 e. The zero-order valence-corrected chi connectivity index (χ0v) is 17.4. The topological polar surface area (TPSA) is 109 Å². The molecule has 29 heavy (non-hydrogen) atoms. The standard InChI is InChI=1S/C20H19BrN4O4/c1-3-29-17-9-12(8-15(21)19(17)27)11-22-25-20-23-16(10-18(26)24-20)13-4-6-14(28-2)7-5-13/h4-11,27H,3H2,1-2H3,(H2,23,24,25,26)/b22-11-. The molecule has 0 aliphatic rings. The van der Waals surface area contributed by atoms with Crippen LogP contribution in [-0.4, -0.2) is 35.0 Å². The maximum atomic E-state index is 12.0. The minimum absolute atomic E-state index is 0.0233. The molecule has 150 valence electrons. The quantitative estimate of drug-likeness (QED) is 0.367. The van der Waals surface area contributed by atoms with Gasteiger partial charge in [-0.15, -0.1) is 0 Å². The third-order valence-corrected chi connectivity index (χ3v) is 4.47. The van der Waals surface area contributed by atoms with E-state index >= 15 is 0 Å². The van der Waals surface area contributed by atoms with Gasteiger partial charge in [0.05, 0.1) is 30.1 Å². The Morgan fingerprint density at radius 2 is 2.03 bits per heavy atom. The van der Waals surface area contributed by atoms with E-state index in [0.29, 0.717) is 33.8 Å². The first-order valence-electron chi connectivity index (χ1n) is 8.70. The number of hydrogen-bond acceptors (Lipinski definition) is 7. The van der Waals surface area contributed by atoms with E-state index in [1.54, 1.807) is 31.4 Å². The van der Waals surface area contributed by atoms with Crippen LogP contribution in [-0.2, 0) is 0 Å². The number of phenols is 1. The second-order valence-electron chi connectivity index (χ2n) is 5.86. The molecule has 0 atom stereocenters. The maximum Gasteiger partial charge on any atom is 0.252 e. The van der Waals surface area contributed by atoms with Crippen LogP contribution in [0.2, 0.25) is 0 Å². The van der Waals surface area contributed by atoms with Crippen molar-refractivity contribution in [3.63, 3.8) is 0 Å². The molecular formula is C20H19BrN4O4. The van der Waals surface area contributed by atoms with Crippen molar-refractivity contribution in [3.05, 3.63) is 62.9 Å². The van der Waals surface area contributed by atoms with Gasteiger partial charge >= 0.3 is 0 Å². The lowest BCUT2D eigenvalue weighted by Crippen LogP contribution is -2.10. The van der Waals surface area contributed by atoms with Gasteiger partial charge in [0.2, 0.25) is 5.95 Å². The van der Waals surface area contributed by atoms with Crippen LogP contribution in [0, 0.1) is 0 Å². The number of aromatic hydroxyl groups is 1. The van der Waals surface area contributed by atoms with Gasteiger partial charge in [-0.05, 0) is 64.8 Å². The maximum absolute atomic E-state index is 12.0. The third kappa shape index (κ3) is 5.14. The lowest BCUT2D eigenvalue weighted by Gasteiger charge is -2.08. The van der Waals surface area contributed by atoms with Crippen molar-refractivity contribution in [1.29, 1.82) is 0 Å². The van der Waals surface area contributed by atoms with Crippen molar-refractivity contribution in [2.24, 2.45) is 5.10 Å². The predicted octanol–water partition coefficient (Wildman–Crippen LogP) is 3.76. The van der Waals surface area contributed by atoms with Gasteiger partial charge in [-0.1, -0.05) is 0 Å². The number of nitrogens with zero attached hydrogens (tertiary/aromatic N) is 2. The van der Waals surface area contributed by atoms with Crippen molar-refractivity contribution in [2.45, 2.75) is 6.92 Å². The van der Waals surface area contributed by atoms with Crippen molar-refractivity contribution >= 4 is 28.1 Å². The number of nitrogens with one attached hydrogen (secondary N) is 2. The summed E-state index contributed by atoms with van der Waals surface area (Å²) >= 11 is 3.28. The number of halogens is 1. The van der Waals surface area contributed by atoms with Crippen LogP contribution in [0.4, 0.5) is 5.95 Å². The molecule has 3 aromatic rings. The second kappa shape index (κ2) is 9.24. The van der Waals surface area contributed by atoms with Gasteiger partial charge in [0, 0.05) is 11.6 Å². The highest BCUT2D eigenvalue weighted by Gasteiger charge is 2.08. The SMILES string of the molecule is CCOc1cc(/C=N\Nc2nc(-c3ccc(OC)cc3)cc(=O)[nH]2)cc(Br)c1O. The Morgan fingerprint density at radius 3 is 2.72 bits per heavy atom. The van der Waals surface area contributed by atoms with Gasteiger partial charge in [0.25, 0.3) is 5.56 Å². The number of methoxy groups -OCH3 is 1. The Hall–Kier alpha value is -3.33. The number of H-pyrrole nitrogens is 1. The van der Waals surface area contributed by atoms with Gasteiger partial charge in [-0.2, -0.15) is 5.10 Å². The van der Waals surface area contributed by atoms with E-state index in [4.69, 9.17) is 9.47 Å². The number of ether oxygens (including phenoxy) is 2. The predicted molar refractivity (Wildman–Crippen MR) is 115 cm³/mol. The molecule has 3 rings (SSSR count). The number of benzene rings is 2. The third-order valence-electron chi connectivity index (χ3n) is 3.86.